The van der Waals surface area contributed by atoms with E-state index in [0.717, 1.165) is 25.6 Å². The lowest BCUT2D eigenvalue weighted by molar-refractivity contribution is 0.662. The van der Waals surface area contributed by atoms with Gasteiger partial charge in [-0.15, -0.1) is 0 Å². The summed E-state index contributed by atoms with van der Waals surface area (Å²) < 4.78 is 2.04. The maximum Gasteiger partial charge on any atom is 0.191 e. The molecule has 5 heteroatoms. The molecule has 112 valence electrons. The Bertz CT molecular complexity index is 560. The van der Waals surface area contributed by atoms with Crippen molar-refractivity contribution in [3.63, 3.8) is 0 Å². The fourth-order valence-corrected chi connectivity index (χ4v) is 2.02. The van der Waals surface area contributed by atoms with Crippen molar-refractivity contribution in [1.82, 2.24) is 20.2 Å². The number of nitrogens with one attached hydrogen (secondary N) is 2. The largest absolute Gasteiger partial charge is 0.357 e. The zero-order valence-corrected chi connectivity index (χ0v) is 12.7. The Hall–Kier alpha value is -2.30. The Labute approximate surface area is 126 Å². The van der Waals surface area contributed by atoms with Crippen LogP contribution in [0.4, 0.5) is 0 Å². The third-order valence-corrected chi connectivity index (χ3v) is 3.23. The van der Waals surface area contributed by atoms with Crippen LogP contribution >= 0.6 is 0 Å². The van der Waals surface area contributed by atoms with E-state index >= 15 is 0 Å². The maximum absolute atomic E-state index is 4.63. The van der Waals surface area contributed by atoms with Gasteiger partial charge in [0.25, 0.3) is 0 Å². The van der Waals surface area contributed by atoms with E-state index < -0.39 is 0 Å². The summed E-state index contributed by atoms with van der Waals surface area (Å²) in [6, 6.07) is 8.34. The topological polar surface area (TPSA) is 54.2 Å². The first-order valence-corrected chi connectivity index (χ1v) is 7.32. The van der Waals surface area contributed by atoms with Gasteiger partial charge in [-0.05, 0) is 25.0 Å². The van der Waals surface area contributed by atoms with Crippen molar-refractivity contribution in [3.05, 3.63) is 54.1 Å². The van der Waals surface area contributed by atoms with Gasteiger partial charge in [0.1, 0.15) is 0 Å². The van der Waals surface area contributed by atoms with Crippen LogP contribution < -0.4 is 10.6 Å². The van der Waals surface area contributed by atoms with Gasteiger partial charge in [-0.25, -0.2) is 9.98 Å². The quantitative estimate of drug-likeness (QED) is 0.630. The number of hydrogen-bond acceptors (Lipinski definition) is 2. The number of imidazole rings is 1. The molecule has 0 atom stereocenters. The molecular weight excluding hydrogens is 262 g/mol. The highest BCUT2D eigenvalue weighted by Gasteiger charge is 1.99. The zero-order chi connectivity index (χ0) is 14.9. The summed E-state index contributed by atoms with van der Waals surface area (Å²) in [6.07, 6.45) is 5.57. The molecule has 0 radical (unpaired) electrons. The molecule has 0 aliphatic heterocycles. The van der Waals surface area contributed by atoms with E-state index in [1.54, 1.807) is 6.20 Å². The van der Waals surface area contributed by atoms with Crippen LogP contribution in [0.3, 0.4) is 0 Å². The number of benzene rings is 1. The zero-order valence-electron chi connectivity index (χ0n) is 12.7. The van der Waals surface area contributed by atoms with Crippen molar-refractivity contribution < 1.29 is 0 Å². The minimum Gasteiger partial charge on any atom is -0.357 e. The number of hydrogen-bond donors (Lipinski definition) is 2. The van der Waals surface area contributed by atoms with Crippen LogP contribution in [0.5, 0.6) is 0 Å². The van der Waals surface area contributed by atoms with Crippen molar-refractivity contribution in [2.24, 2.45) is 4.99 Å². The van der Waals surface area contributed by atoms with E-state index in [1.807, 2.05) is 17.1 Å². The average Bonchev–Trinajstić information content (AvgIpc) is 2.99. The van der Waals surface area contributed by atoms with Crippen LogP contribution in [0.25, 0.3) is 0 Å². The van der Waals surface area contributed by atoms with Crippen molar-refractivity contribution in [3.8, 4) is 0 Å². The molecule has 0 aliphatic rings. The van der Waals surface area contributed by atoms with Crippen molar-refractivity contribution in [1.29, 1.82) is 0 Å². The Morgan fingerprint density at radius 2 is 2.14 bits per heavy atom. The number of nitrogens with zero attached hydrogens (tertiary/aromatic N) is 3. The number of rotatable bonds is 6. The van der Waals surface area contributed by atoms with Gasteiger partial charge >= 0.3 is 0 Å². The molecule has 0 saturated heterocycles. The summed E-state index contributed by atoms with van der Waals surface area (Å²) in [5, 5.41) is 6.61. The van der Waals surface area contributed by atoms with E-state index in [4.69, 9.17) is 0 Å². The molecule has 0 fully saturated rings. The summed E-state index contributed by atoms with van der Waals surface area (Å²) >= 11 is 0. The lowest BCUT2D eigenvalue weighted by Crippen LogP contribution is -2.38. The highest BCUT2D eigenvalue weighted by molar-refractivity contribution is 5.79. The molecule has 0 amide bonds. The SMILES string of the molecule is CCNC(=NCc1ccccc1C)NCCn1ccnc1. The van der Waals surface area contributed by atoms with E-state index in [2.05, 4.69) is 58.7 Å². The first-order valence-electron chi connectivity index (χ1n) is 7.32. The molecular formula is C16H23N5. The fraction of sp³-hybridized carbons (Fsp3) is 0.375. The van der Waals surface area contributed by atoms with Gasteiger partial charge in [0, 0.05) is 32.0 Å². The molecule has 0 saturated carbocycles. The number of aryl methyl sites for hydroxylation is 1. The van der Waals surface area contributed by atoms with E-state index in [9.17, 15) is 0 Å². The molecule has 1 aromatic carbocycles. The number of guanidine groups is 1. The second kappa shape index (κ2) is 8.09. The van der Waals surface area contributed by atoms with Crippen LogP contribution in [0.1, 0.15) is 18.1 Å². The standard InChI is InChI=1S/C16H23N5/c1-3-18-16(19-9-11-21-10-8-17-13-21)20-12-15-7-5-4-6-14(15)2/h4-8,10,13H,3,9,11-12H2,1-2H3,(H2,18,19,20). The summed E-state index contributed by atoms with van der Waals surface area (Å²) in [5.74, 6) is 0.848. The Balaban J connectivity index is 1.88. The maximum atomic E-state index is 4.63. The van der Waals surface area contributed by atoms with Crippen LogP contribution in [0.2, 0.25) is 0 Å². The molecule has 2 N–H and O–H groups in total. The van der Waals surface area contributed by atoms with E-state index in [0.29, 0.717) is 6.54 Å². The summed E-state index contributed by atoms with van der Waals surface area (Å²) in [6.45, 7) is 7.41. The fourth-order valence-electron chi connectivity index (χ4n) is 2.02. The highest BCUT2D eigenvalue weighted by Crippen LogP contribution is 2.07. The Morgan fingerprint density at radius 1 is 1.29 bits per heavy atom. The molecule has 0 spiro atoms. The normalized spacial score (nSPS) is 11.4. The van der Waals surface area contributed by atoms with Crippen molar-refractivity contribution in [2.75, 3.05) is 13.1 Å². The van der Waals surface area contributed by atoms with Crippen LogP contribution in [-0.4, -0.2) is 28.6 Å². The average molecular weight is 285 g/mol. The highest BCUT2D eigenvalue weighted by atomic mass is 15.2. The van der Waals surface area contributed by atoms with E-state index in [1.165, 1.54) is 11.1 Å². The Kier molecular flexibility index (Phi) is 5.82. The lowest BCUT2D eigenvalue weighted by Gasteiger charge is -2.12. The van der Waals surface area contributed by atoms with Gasteiger partial charge in [0.2, 0.25) is 0 Å². The second-order valence-electron chi connectivity index (χ2n) is 4.85. The van der Waals surface area contributed by atoms with Gasteiger partial charge in [0.15, 0.2) is 5.96 Å². The lowest BCUT2D eigenvalue weighted by atomic mass is 10.1. The minimum absolute atomic E-state index is 0.688. The van der Waals surface area contributed by atoms with Crippen LogP contribution in [0, 0.1) is 6.92 Å². The van der Waals surface area contributed by atoms with Crippen LogP contribution in [0.15, 0.2) is 48.0 Å². The third kappa shape index (κ3) is 4.95. The molecule has 0 aliphatic carbocycles. The number of aromatic nitrogens is 2. The molecule has 2 aromatic rings. The molecule has 21 heavy (non-hydrogen) atoms. The monoisotopic (exact) mass is 285 g/mol. The van der Waals surface area contributed by atoms with Gasteiger partial charge in [-0.2, -0.15) is 0 Å². The molecule has 1 aromatic heterocycles. The van der Waals surface area contributed by atoms with Crippen LogP contribution in [-0.2, 0) is 13.1 Å². The van der Waals surface area contributed by atoms with Crippen molar-refractivity contribution >= 4 is 5.96 Å². The molecule has 0 unspecified atom stereocenters. The predicted octanol–water partition coefficient (Wildman–Crippen LogP) is 1.95. The number of aliphatic imine (C=N–C) groups is 1. The second-order valence-corrected chi connectivity index (χ2v) is 4.85. The summed E-state index contributed by atoms with van der Waals surface area (Å²) in [7, 11) is 0. The molecule has 0 bridgehead atoms. The Morgan fingerprint density at radius 3 is 2.86 bits per heavy atom. The van der Waals surface area contributed by atoms with Gasteiger partial charge in [0.05, 0.1) is 12.9 Å². The molecule has 5 nitrogen and oxygen atoms in total. The third-order valence-electron chi connectivity index (χ3n) is 3.23. The van der Waals surface area contributed by atoms with Gasteiger partial charge in [-0.3, -0.25) is 0 Å². The van der Waals surface area contributed by atoms with E-state index in [-0.39, 0.29) is 0 Å². The minimum atomic E-state index is 0.688. The first-order chi connectivity index (χ1) is 10.3. The predicted molar refractivity (Wildman–Crippen MR) is 86.2 cm³/mol. The summed E-state index contributed by atoms with van der Waals surface area (Å²) in [4.78, 5) is 8.66. The summed E-state index contributed by atoms with van der Waals surface area (Å²) in [5.41, 5.74) is 2.53. The molecule has 1 heterocycles. The van der Waals surface area contributed by atoms with Gasteiger partial charge < -0.3 is 15.2 Å². The molecule has 2 rings (SSSR count). The van der Waals surface area contributed by atoms with Crippen molar-refractivity contribution in [2.45, 2.75) is 26.9 Å². The first kappa shape index (κ1) is 15.1. The van der Waals surface area contributed by atoms with Gasteiger partial charge in [-0.1, -0.05) is 24.3 Å². The smallest absolute Gasteiger partial charge is 0.191 e.